The van der Waals surface area contributed by atoms with Gasteiger partial charge in [-0.25, -0.2) is 4.79 Å². The number of benzene rings is 1. The maximum Gasteiger partial charge on any atom is 0.341 e. The van der Waals surface area contributed by atoms with E-state index in [0.29, 0.717) is 5.39 Å². The van der Waals surface area contributed by atoms with E-state index in [1.165, 1.54) is 31.9 Å². The van der Waals surface area contributed by atoms with Crippen molar-refractivity contribution in [3.05, 3.63) is 46.2 Å². The summed E-state index contributed by atoms with van der Waals surface area (Å²) in [6, 6.07) is 7.21. The molecule has 4 heteroatoms. The van der Waals surface area contributed by atoms with Gasteiger partial charge in [0.1, 0.15) is 5.56 Å². The quantitative estimate of drug-likeness (QED) is 0.748. The number of fused-ring (bicyclic) bond motifs is 1. The van der Waals surface area contributed by atoms with Crippen molar-refractivity contribution < 1.29 is 9.90 Å². The van der Waals surface area contributed by atoms with Crippen molar-refractivity contribution in [1.29, 1.82) is 0 Å². The fourth-order valence-electron chi connectivity index (χ4n) is 2.75. The van der Waals surface area contributed by atoms with Gasteiger partial charge in [0.15, 0.2) is 0 Å². The highest BCUT2D eigenvalue weighted by Gasteiger charge is 2.13. The van der Waals surface area contributed by atoms with Gasteiger partial charge in [-0.1, -0.05) is 51.2 Å². The van der Waals surface area contributed by atoms with Crippen LogP contribution in [0.5, 0.6) is 0 Å². The van der Waals surface area contributed by atoms with Crippen LogP contribution in [0.15, 0.2) is 35.3 Å². The van der Waals surface area contributed by atoms with E-state index in [2.05, 4.69) is 6.92 Å². The predicted octanol–water partition coefficient (Wildman–Crippen LogP) is 4.06. The van der Waals surface area contributed by atoms with Crippen molar-refractivity contribution in [2.24, 2.45) is 0 Å². The lowest BCUT2D eigenvalue weighted by molar-refractivity contribution is 0.0695. The number of carboxylic acid groups (broad SMARTS) is 1. The zero-order chi connectivity index (χ0) is 15.9. The molecule has 1 aromatic heterocycles. The molecule has 1 aromatic carbocycles. The number of pyridine rings is 1. The van der Waals surface area contributed by atoms with E-state index >= 15 is 0 Å². The third-order valence-corrected chi connectivity index (χ3v) is 3.97. The lowest BCUT2D eigenvalue weighted by Gasteiger charge is -2.12. The van der Waals surface area contributed by atoms with E-state index in [1.807, 2.05) is 16.7 Å². The molecule has 0 spiro atoms. The van der Waals surface area contributed by atoms with Crippen molar-refractivity contribution in [2.45, 2.75) is 52.0 Å². The first-order valence-corrected chi connectivity index (χ1v) is 8.00. The summed E-state index contributed by atoms with van der Waals surface area (Å²) in [5.41, 5.74) is 0.262. The van der Waals surface area contributed by atoms with Gasteiger partial charge in [-0.15, -0.1) is 0 Å². The highest BCUT2D eigenvalue weighted by molar-refractivity contribution is 5.92. The molecule has 22 heavy (non-hydrogen) atoms. The van der Waals surface area contributed by atoms with Crippen LogP contribution in [-0.4, -0.2) is 15.6 Å². The molecule has 0 aliphatic heterocycles. The second kappa shape index (κ2) is 7.78. The second-order valence-corrected chi connectivity index (χ2v) is 5.66. The highest BCUT2D eigenvalue weighted by atomic mass is 16.4. The molecule has 0 amide bonds. The molecule has 0 bridgehead atoms. The lowest BCUT2D eigenvalue weighted by Crippen LogP contribution is -2.19. The Morgan fingerprint density at radius 1 is 1.09 bits per heavy atom. The summed E-state index contributed by atoms with van der Waals surface area (Å²) in [6.07, 6.45) is 8.56. The summed E-state index contributed by atoms with van der Waals surface area (Å²) in [5, 5.41) is 9.68. The highest BCUT2D eigenvalue weighted by Crippen LogP contribution is 2.14. The Morgan fingerprint density at radius 3 is 2.50 bits per heavy atom. The zero-order valence-corrected chi connectivity index (χ0v) is 13.0. The monoisotopic (exact) mass is 301 g/mol. The first kappa shape index (κ1) is 16.3. The van der Waals surface area contributed by atoms with E-state index in [9.17, 15) is 14.7 Å². The Bertz CT molecular complexity index is 703. The standard InChI is InChI=1S/C18H23NO3/c1-2-3-4-5-6-9-12-19-13-15(18(21)22)17(20)14-10-7-8-11-16(14)19/h7-8,10-11,13H,2-6,9,12H2,1H3,(H,21,22). The molecule has 4 nitrogen and oxygen atoms in total. The van der Waals surface area contributed by atoms with Crippen LogP contribution in [0.25, 0.3) is 10.9 Å². The first-order valence-electron chi connectivity index (χ1n) is 8.00. The summed E-state index contributed by atoms with van der Waals surface area (Å²) in [6.45, 7) is 2.94. The molecule has 0 unspecified atom stereocenters. The zero-order valence-electron chi connectivity index (χ0n) is 13.0. The maximum atomic E-state index is 12.2. The minimum Gasteiger partial charge on any atom is -0.477 e. The molecule has 0 radical (unpaired) electrons. The summed E-state index contributed by atoms with van der Waals surface area (Å²) >= 11 is 0. The summed E-state index contributed by atoms with van der Waals surface area (Å²) in [4.78, 5) is 23.4. The van der Waals surface area contributed by atoms with E-state index < -0.39 is 11.4 Å². The average Bonchev–Trinajstić information content (AvgIpc) is 2.52. The smallest absolute Gasteiger partial charge is 0.341 e. The van der Waals surface area contributed by atoms with Crippen LogP contribution in [-0.2, 0) is 6.54 Å². The Hall–Kier alpha value is -2.10. The molecular weight excluding hydrogens is 278 g/mol. The SMILES string of the molecule is CCCCCCCCn1cc(C(=O)O)c(=O)c2ccccc21. The van der Waals surface area contributed by atoms with Crippen molar-refractivity contribution in [3.8, 4) is 0 Å². The summed E-state index contributed by atoms with van der Waals surface area (Å²) in [7, 11) is 0. The number of rotatable bonds is 8. The van der Waals surface area contributed by atoms with E-state index in [-0.39, 0.29) is 5.56 Å². The fraction of sp³-hybridized carbons (Fsp3) is 0.444. The molecule has 0 aliphatic carbocycles. The minimum absolute atomic E-state index is 0.148. The Kier molecular flexibility index (Phi) is 5.75. The summed E-state index contributed by atoms with van der Waals surface area (Å²) in [5.74, 6) is -1.16. The van der Waals surface area contributed by atoms with Gasteiger partial charge >= 0.3 is 5.97 Å². The minimum atomic E-state index is -1.16. The number of nitrogens with zero attached hydrogens (tertiary/aromatic N) is 1. The van der Waals surface area contributed by atoms with Gasteiger partial charge in [0.2, 0.25) is 5.43 Å². The molecule has 0 saturated heterocycles. The number of aromatic carboxylic acids is 1. The molecule has 0 saturated carbocycles. The van der Waals surface area contributed by atoms with Gasteiger partial charge in [-0.3, -0.25) is 4.79 Å². The lowest BCUT2D eigenvalue weighted by atomic mass is 10.1. The Labute approximate surface area is 130 Å². The van der Waals surface area contributed by atoms with Crippen molar-refractivity contribution in [3.63, 3.8) is 0 Å². The molecule has 2 rings (SSSR count). The van der Waals surface area contributed by atoms with E-state index in [0.717, 1.165) is 24.9 Å². The number of para-hydroxylation sites is 1. The largest absolute Gasteiger partial charge is 0.477 e. The van der Waals surface area contributed by atoms with Gasteiger partial charge in [0.25, 0.3) is 0 Å². The van der Waals surface area contributed by atoms with Crippen LogP contribution in [0.2, 0.25) is 0 Å². The molecule has 1 heterocycles. The van der Waals surface area contributed by atoms with Crippen LogP contribution >= 0.6 is 0 Å². The number of aryl methyl sites for hydroxylation is 1. The fourth-order valence-corrected chi connectivity index (χ4v) is 2.75. The second-order valence-electron chi connectivity index (χ2n) is 5.66. The van der Waals surface area contributed by atoms with Crippen molar-refractivity contribution in [1.82, 2.24) is 4.57 Å². The Morgan fingerprint density at radius 2 is 1.77 bits per heavy atom. The topological polar surface area (TPSA) is 59.3 Å². The van der Waals surface area contributed by atoms with Crippen LogP contribution in [0, 0.1) is 0 Å². The number of hydrogen-bond acceptors (Lipinski definition) is 2. The molecule has 1 N–H and O–H groups in total. The van der Waals surface area contributed by atoms with Gasteiger partial charge in [-0.05, 0) is 18.6 Å². The molecule has 0 aliphatic rings. The summed E-state index contributed by atoms with van der Waals surface area (Å²) < 4.78 is 1.90. The van der Waals surface area contributed by atoms with Crippen molar-refractivity contribution in [2.75, 3.05) is 0 Å². The molecule has 118 valence electrons. The van der Waals surface area contributed by atoms with E-state index in [4.69, 9.17) is 0 Å². The molecular formula is C18H23NO3. The molecule has 2 aromatic rings. The number of unbranched alkanes of at least 4 members (excludes halogenated alkanes) is 5. The maximum absolute atomic E-state index is 12.2. The van der Waals surface area contributed by atoms with Crippen LogP contribution in [0.3, 0.4) is 0 Å². The average molecular weight is 301 g/mol. The molecule has 0 atom stereocenters. The van der Waals surface area contributed by atoms with Crippen LogP contribution in [0.1, 0.15) is 55.8 Å². The number of hydrogen-bond donors (Lipinski definition) is 1. The van der Waals surface area contributed by atoms with Crippen LogP contribution in [0.4, 0.5) is 0 Å². The van der Waals surface area contributed by atoms with Gasteiger partial charge in [0, 0.05) is 18.1 Å². The number of aromatic nitrogens is 1. The molecule has 0 fully saturated rings. The first-order chi connectivity index (χ1) is 10.6. The number of carbonyl (C=O) groups is 1. The predicted molar refractivity (Wildman–Crippen MR) is 88.5 cm³/mol. The Balaban J connectivity index is 2.20. The van der Waals surface area contributed by atoms with Gasteiger partial charge in [-0.2, -0.15) is 0 Å². The normalized spacial score (nSPS) is 11.0. The third-order valence-electron chi connectivity index (χ3n) is 3.97. The number of carboxylic acids is 1. The van der Waals surface area contributed by atoms with Crippen LogP contribution < -0.4 is 5.43 Å². The van der Waals surface area contributed by atoms with Gasteiger partial charge < -0.3 is 9.67 Å². The third kappa shape index (κ3) is 3.75. The van der Waals surface area contributed by atoms with Crippen molar-refractivity contribution >= 4 is 16.9 Å². The van der Waals surface area contributed by atoms with E-state index in [1.54, 1.807) is 12.1 Å². The van der Waals surface area contributed by atoms with Gasteiger partial charge in [0.05, 0.1) is 5.52 Å².